The molecule has 3 heteroatoms. The monoisotopic (exact) mass is 181 g/mol. The average Bonchev–Trinajstić information content (AvgIpc) is 2.92. The van der Waals surface area contributed by atoms with Crippen molar-refractivity contribution >= 4 is 0 Å². The van der Waals surface area contributed by atoms with Gasteiger partial charge >= 0.3 is 0 Å². The van der Waals surface area contributed by atoms with E-state index in [9.17, 15) is 0 Å². The van der Waals surface area contributed by atoms with E-state index in [4.69, 9.17) is 0 Å². The molecule has 0 bridgehead atoms. The molecule has 0 aromatic carbocycles. The van der Waals surface area contributed by atoms with E-state index in [0.29, 0.717) is 6.29 Å². The van der Waals surface area contributed by atoms with Crippen LogP contribution in [0.5, 0.6) is 0 Å². The largest absolute Gasteiger partial charge is 0.270 e. The number of hydrogen-bond donors (Lipinski definition) is 0. The third-order valence-corrected chi connectivity index (χ3v) is 3.61. The maximum atomic E-state index is 2.60. The molecular weight excluding hydrogens is 162 g/mol. The second kappa shape index (κ2) is 2.47. The first-order valence-electron chi connectivity index (χ1n) is 5.45. The fraction of sp³-hybridized carbons (Fsp3) is 1.00. The minimum Gasteiger partial charge on any atom is -0.270 e. The van der Waals surface area contributed by atoms with Crippen molar-refractivity contribution < 1.29 is 0 Å². The van der Waals surface area contributed by atoms with Crippen molar-refractivity contribution in [3.8, 4) is 0 Å². The highest BCUT2D eigenvalue weighted by molar-refractivity contribution is 5.03. The zero-order chi connectivity index (χ0) is 9.16. The van der Waals surface area contributed by atoms with E-state index in [1.165, 1.54) is 19.6 Å². The quantitative estimate of drug-likeness (QED) is 0.583. The molecule has 13 heavy (non-hydrogen) atoms. The molecule has 0 aromatic rings. The molecule has 6 unspecified atom stereocenters. The van der Waals surface area contributed by atoms with Crippen molar-refractivity contribution in [3.63, 3.8) is 0 Å². The molecule has 3 heterocycles. The zero-order valence-corrected chi connectivity index (χ0v) is 8.77. The van der Waals surface area contributed by atoms with Crippen LogP contribution in [0.2, 0.25) is 0 Å². The summed E-state index contributed by atoms with van der Waals surface area (Å²) in [6.07, 6.45) is 0.653. The summed E-state index contributed by atoms with van der Waals surface area (Å²) in [5.74, 6) is 0. The predicted molar refractivity (Wildman–Crippen MR) is 52.3 cm³/mol. The van der Waals surface area contributed by atoms with Crippen molar-refractivity contribution in [2.45, 2.75) is 45.2 Å². The van der Waals surface area contributed by atoms with Gasteiger partial charge in [-0.25, -0.2) is 0 Å². The Morgan fingerprint density at radius 2 is 1.00 bits per heavy atom. The molecular formula is C10H19N3. The first-order valence-corrected chi connectivity index (χ1v) is 5.45. The minimum absolute atomic E-state index is 0.653. The molecule has 74 valence electrons. The van der Waals surface area contributed by atoms with Gasteiger partial charge in [0.05, 0.1) is 0 Å². The molecule has 0 spiro atoms. The van der Waals surface area contributed by atoms with Crippen LogP contribution in [-0.4, -0.2) is 58.7 Å². The maximum Gasteiger partial charge on any atom is 0.120 e. The minimum atomic E-state index is 0.653. The molecule has 3 saturated heterocycles. The molecule has 3 rings (SSSR count). The van der Waals surface area contributed by atoms with Crippen LogP contribution in [0.3, 0.4) is 0 Å². The van der Waals surface area contributed by atoms with Gasteiger partial charge in [0.25, 0.3) is 0 Å². The normalized spacial score (nSPS) is 60.2. The summed E-state index contributed by atoms with van der Waals surface area (Å²) < 4.78 is 0. The van der Waals surface area contributed by atoms with E-state index < -0.39 is 0 Å². The Bertz CT molecular complexity index is 192. The summed E-state index contributed by atoms with van der Waals surface area (Å²) in [5, 5.41) is 0. The molecule has 3 aliphatic heterocycles. The van der Waals surface area contributed by atoms with Crippen LogP contribution in [0, 0.1) is 0 Å². The van der Waals surface area contributed by atoms with E-state index in [1.54, 1.807) is 0 Å². The summed E-state index contributed by atoms with van der Waals surface area (Å²) >= 11 is 0. The predicted octanol–water partition coefficient (Wildman–Crippen LogP) is 0.382. The summed E-state index contributed by atoms with van der Waals surface area (Å²) in [7, 11) is 0. The van der Waals surface area contributed by atoms with Crippen molar-refractivity contribution in [2.75, 3.05) is 19.6 Å². The van der Waals surface area contributed by atoms with Crippen molar-refractivity contribution in [3.05, 3.63) is 0 Å². The Labute approximate surface area is 80.3 Å². The van der Waals surface area contributed by atoms with E-state index in [2.05, 4.69) is 35.5 Å². The molecule has 0 N–H and O–H groups in total. The highest BCUT2D eigenvalue weighted by Crippen LogP contribution is 2.37. The highest BCUT2D eigenvalue weighted by Gasteiger charge is 2.53. The fourth-order valence-electron chi connectivity index (χ4n) is 2.31. The van der Waals surface area contributed by atoms with Crippen LogP contribution < -0.4 is 0 Å². The van der Waals surface area contributed by atoms with Gasteiger partial charge in [0.15, 0.2) is 0 Å². The first-order chi connectivity index (χ1) is 6.18. The standard InChI is InChI=1S/C10H19N3/c1-7-4-11(7)10(12-5-8(12)2)13-6-9(13)3/h7-10H,4-6H2,1-3H3. The number of rotatable bonds is 3. The molecule has 0 aromatic heterocycles. The third kappa shape index (κ3) is 1.30. The molecule has 0 amide bonds. The molecule has 0 radical (unpaired) electrons. The summed E-state index contributed by atoms with van der Waals surface area (Å²) in [5.41, 5.74) is 0. The van der Waals surface area contributed by atoms with E-state index >= 15 is 0 Å². The van der Waals surface area contributed by atoms with Gasteiger partial charge < -0.3 is 0 Å². The van der Waals surface area contributed by atoms with Gasteiger partial charge in [-0.3, -0.25) is 14.7 Å². The number of nitrogens with zero attached hydrogens (tertiary/aromatic N) is 3. The summed E-state index contributed by atoms with van der Waals surface area (Å²) in [6.45, 7) is 10.9. The van der Waals surface area contributed by atoms with Gasteiger partial charge in [-0.15, -0.1) is 0 Å². The average molecular weight is 181 g/mol. The topological polar surface area (TPSA) is 9.03 Å². The first kappa shape index (κ1) is 8.21. The maximum absolute atomic E-state index is 2.60. The Morgan fingerprint density at radius 3 is 1.15 bits per heavy atom. The van der Waals surface area contributed by atoms with Gasteiger partial charge in [0.1, 0.15) is 6.29 Å². The lowest BCUT2D eigenvalue weighted by Gasteiger charge is -2.22. The van der Waals surface area contributed by atoms with E-state index in [0.717, 1.165) is 18.1 Å². The van der Waals surface area contributed by atoms with Crippen LogP contribution in [0.25, 0.3) is 0 Å². The molecule has 0 aliphatic carbocycles. The van der Waals surface area contributed by atoms with Crippen LogP contribution in [0.1, 0.15) is 20.8 Å². The Kier molecular flexibility index (Phi) is 1.56. The molecule has 0 saturated carbocycles. The smallest absolute Gasteiger partial charge is 0.120 e. The Morgan fingerprint density at radius 1 is 0.769 bits per heavy atom. The van der Waals surface area contributed by atoms with Crippen LogP contribution in [0.15, 0.2) is 0 Å². The Balaban J connectivity index is 1.68. The summed E-state index contributed by atoms with van der Waals surface area (Å²) in [6, 6.07) is 2.47. The van der Waals surface area contributed by atoms with Crippen molar-refractivity contribution in [1.29, 1.82) is 0 Å². The van der Waals surface area contributed by atoms with Crippen LogP contribution >= 0.6 is 0 Å². The molecule has 3 fully saturated rings. The third-order valence-electron chi connectivity index (χ3n) is 3.61. The van der Waals surface area contributed by atoms with Gasteiger partial charge in [0, 0.05) is 37.8 Å². The number of hydrogen-bond acceptors (Lipinski definition) is 3. The Hall–Kier alpha value is -0.120. The van der Waals surface area contributed by atoms with Crippen molar-refractivity contribution in [1.82, 2.24) is 14.7 Å². The molecule has 3 nitrogen and oxygen atoms in total. The zero-order valence-electron chi connectivity index (χ0n) is 8.77. The lowest BCUT2D eigenvalue weighted by molar-refractivity contribution is 0.108. The van der Waals surface area contributed by atoms with Gasteiger partial charge in [-0.2, -0.15) is 0 Å². The van der Waals surface area contributed by atoms with Crippen LogP contribution in [-0.2, 0) is 0 Å². The van der Waals surface area contributed by atoms with Crippen molar-refractivity contribution in [2.24, 2.45) is 0 Å². The lowest BCUT2D eigenvalue weighted by Crippen LogP contribution is -2.38. The highest BCUT2D eigenvalue weighted by atomic mass is 15.6. The van der Waals surface area contributed by atoms with Crippen LogP contribution in [0.4, 0.5) is 0 Å². The second-order valence-electron chi connectivity index (χ2n) is 4.98. The van der Waals surface area contributed by atoms with Gasteiger partial charge in [0.2, 0.25) is 0 Å². The summed E-state index contributed by atoms with van der Waals surface area (Å²) in [4.78, 5) is 7.81. The molecule has 3 aliphatic rings. The fourth-order valence-corrected chi connectivity index (χ4v) is 2.31. The second-order valence-corrected chi connectivity index (χ2v) is 4.98. The van der Waals surface area contributed by atoms with Gasteiger partial charge in [-0.05, 0) is 20.8 Å². The SMILES string of the molecule is CC1CN1C(N1CC1C)N1CC1C. The van der Waals surface area contributed by atoms with E-state index in [1.807, 2.05) is 0 Å². The van der Waals surface area contributed by atoms with Gasteiger partial charge in [-0.1, -0.05) is 0 Å². The molecule has 6 atom stereocenters. The lowest BCUT2D eigenvalue weighted by atomic mass is 10.5. The van der Waals surface area contributed by atoms with E-state index in [-0.39, 0.29) is 0 Å².